The Bertz CT molecular complexity index is 306. The predicted octanol–water partition coefficient (Wildman–Crippen LogP) is 0.947. The Hall–Kier alpha value is -0.650. The third-order valence-corrected chi connectivity index (χ3v) is 4.46. The molecule has 0 spiro atoms. The van der Waals surface area contributed by atoms with Crippen molar-refractivity contribution in [3.8, 4) is 0 Å². The highest BCUT2D eigenvalue weighted by Crippen LogP contribution is 2.15. The molecular weight excluding hydrogens is 266 g/mol. The molecule has 0 bridgehead atoms. The molecule has 122 valence electrons. The molecule has 21 heavy (non-hydrogen) atoms. The van der Waals surface area contributed by atoms with Crippen molar-refractivity contribution in [1.29, 1.82) is 0 Å². The number of morpholine rings is 1. The van der Waals surface area contributed by atoms with Crippen LogP contribution in [0, 0.1) is 5.92 Å². The largest absolute Gasteiger partial charge is 0.379 e. The highest BCUT2D eigenvalue weighted by molar-refractivity contribution is 5.76. The standard InChI is InChI=1S/C16H31N3O2/c1-15-4-2-9-19(14-15)16(20)5-7-17-6-3-8-18-10-12-21-13-11-18/h15,17H,2-14H2,1H3. The number of likely N-dealkylation sites (tertiary alicyclic amines) is 1. The first-order valence-electron chi connectivity index (χ1n) is 8.54. The molecule has 0 radical (unpaired) electrons. The average molecular weight is 297 g/mol. The van der Waals surface area contributed by atoms with Gasteiger partial charge in [0.1, 0.15) is 0 Å². The summed E-state index contributed by atoms with van der Waals surface area (Å²) < 4.78 is 5.34. The number of nitrogens with one attached hydrogen (secondary N) is 1. The second-order valence-corrected chi connectivity index (χ2v) is 6.39. The number of amides is 1. The highest BCUT2D eigenvalue weighted by Gasteiger charge is 2.20. The van der Waals surface area contributed by atoms with Crippen LogP contribution < -0.4 is 5.32 Å². The van der Waals surface area contributed by atoms with E-state index < -0.39 is 0 Å². The maximum atomic E-state index is 12.1. The summed E-state index contributed by atoms with van der Waals surface area (Å²) in [6, 6.07) is 0. The third kappa shape index (κ3) is 6.32. The van der Waals surface area contributed by atoms with Gasteiger partial charge in [-0.2, -0.15) is 0 Å². The Morgan fingerprint density at radius 1 is 1.24 bits per heavy atom. The van der Waals surface area contributed by atoms with Crippen LogP contribution in [0.15, 0.2) is 0 Å². The van der Waals surface area contributed by atoms with E-state index in [1.165, 1.54) is 12.8 Å². The highest BCUT2D eigenvalue weighted by atomic mass is 16.5. The smallest absolute Gasteiger partial charge is 0.223 e. The normalized spacial score (nSPS) is 24.2. The van der Waals surface area contributed by atoms with Crippen molar-refractivity contribution in [3.63, 3.8) is 0 Å². The zero-order chi connectivity index (χ0) is 14.9. The van der Waals surface area contributed by atoms with Gasteiger partial charge in [-0.25, -0.2) is 0 Å². The summed E-state index contributed by atoms with van der Waals surface area (Å²) in [5.74, 6) is 0.992. The lowest BCUT2D eigenvalue weighted by atomic mass is 10.00. The predicted molar refractivity (Wildman–Crippen MR) is 84.3 cm³/mol. The number of hydrogen-bond donors (Lipinski definition) is 1. The SMILES string of the molecule is CC1CCCN(C(=O)CCNCCCN2CCOCC2)C1. The summed E-state index contributed by atoms with van der Waals surface area (Å²) in [5.41, 5.74) is 0. The van der Waals surface area contributed by atoms with E-state index in [4.69, 9.17) is 4.74 Å². The van der Waals surface area contributed by atoms with E-state index in [1.54, 1.807) is 0 Å². The number of rotatable bonds is 7. The number of hydrogen-bond acceptors (Lipinski definition) is 4. The molecular formula is C16H31N3O2. The van der Waals surface area contributed by atoms with Crippen molar-refractivity contribution < 1.29 is 9.53 Å². The van der Waals surface area contributed by atoms with Crippen molar-refractivity contribution in [3.05, 3.63) is 0 Å². The van der Waals surface area contributed by atoms with E-state index in [0.29, 0.717) is 18.2 Å². The topological polar surface area (TPSA) is 44.8 Å². The lowest BCUT2D eigenvalue weighted by Crippen LogP contribution is -2.40. The first-order valence-corrected chi connectivity index (χ1v) is 8.54. The van der Waals surface area contributed by atoms with E-state index in [9.17, 15) is 4.79 Å². The summed E-state index contributed by atoms with van der Waals surface area (Å²) in [6.45, 7) is 11.0. The molecule has 1 unspecified atom stereocenters. The van der Waals surface area contributed by atoms with Crippen molar-refractivity contribution in [2.45, 2.75) is 32.6 Å². The van der Waals surface area contributed by atoms with Crippen LogP contribution in [-0.4, -0.2) is 74.7 Å². The summed E-state index contributed by atoms with van der Waals surface area (Å²) in [4.78, 5) is 16.6. The minimum Gasteiger partial charge on any atom is -0.379 e. The van der Waals surface area contributed by atoms with Crippen LogP contribution in [0.2, 0.25) is 0 Å². The van der Waals surface area contributed by atoms with Gasteiger partial charge in [0.15, 0.2) is 0 Å². The molecule has 2 aliphatic rings. The minimum absolute atomic E-state index is 0.322. The number of nitrogens with zero attached hydrogens (tertiary/aromatic N) is 2. The Kier molecular flexibility index (Phi) is 7.47. The molecule has 5 heteroatoms. The molecule has 0 aromatic heterocycles. The van der Waals surface area contributed by atoms with Crippen LogP contribution in [0.5, 0.6) is 0 Å². The van der Waals surface area contributed by atoms with Gasteiger partial charge in [0.25, 0.3) is 0 Å². The maximum Gasteiger partial charge on any atom is 0.223 e. The Morgan fingerprint density at radius 3 is 2.81 bits per heavy atom. The first-order chi connectivity index (χ1) is 10.3. The molecule has 0 aromatic carbocycles. The van der Waals surface area contributed by atoms with E-state index >= 15 is 0 Å². The molecule has 0 saturated carbocycles. The second-order valence-electron chi connectivity index (χ2n) is 6.39. The molecule has 0 aliphatic carbocycles. The minimum atomic E-state index is 0.322. The summed E-state index contributed by atoms with van der Waals surface area (Å²) >= 11 is 0. The van der Waals surface area contributed by atoms with Gasteiger partial charge in [-0.1, -0.05) is 6.92 Å². The van der Waals surface area contributed by atoms with Gasteiger partial charge in [-0.15, -0.1) is 0 Å². The van der Waals surface area contributed by atoms with E-state index in [2.05, 4.69) is 17.1 Å². The maximum absolute atomic E-state index is 12.1. The van der Waals surface area contributed by atoms with Crippen LogP contribution in [0.4, 0.5) is 0 Å². The number of ether oxygens (including phenoxy) is 1. The summed E-state index contributed by atoms with van der Waals surface area (Å²) in [6.07, 6.45) is 4.22. The van der Waals surface area contributed by atoms with Crippen LogP contribution >= 0.6 is 0 Å². The fraction of sp³-hybridized carbons (Fsp3) is 0.938. The molecule has 2 rings (SSSR count). The van der Waals surface area contributed by atoms with Crippen molar-refractivity contribution in [2.75, 3.05) is 59.0 Å². The Labute approximate surface area is 129 Å². The molecule has 1 amide bonds. The quantitative estimate of drug-likeness (QED) is 0.711. The monoisotopic (exact) mass is 297 g/mol. The molecule has 2 saturated heterocycles. The van der Waals surface area contributed by atoms with E-state index in [-0.39, 0.29) is 0 Å². The number of carbonyl (C=O) groups excluding carboxylic acids is 1. The molecule has 1 atom stereocenters. The summed E-state index contributed by atoms with van der Waals surface area (Å²) in [7, 11) is 0. The van der Waals surface area contributed by atoms with Crippen LogP contribution in [0.1, 0.15) is 32.6 Å². The third-order valence-electron chi connectivity index (χ3n) is 4.46. The van der Waals surface area contributed by atoms with Crippen molar-refractivity contribution >= 4 is 5.91 Å². The average Bonchev–Trinajstić information content (AvgIpc) is 2.51. The molecule has 2 aliphatic heterocycles. The van der Waals surface area contributed by atoms with Crippen LogP contribution in [0.3, 0.4) is 0 Å². The van der Waals surface area contributed by atoms with Crippen molar-refractivity contribution in [2.24, 2.45) is 5.92 Å². The number of carbonyl (C=O) groups is 1. The lowest BCUT2D eigenvalue weighted by molar-refractivity contribution is -0.132. The van der Waals surface area contributed by atoms with Crippen LogP contribution in [-0.2, 0) is 9.53 Å². The van der Waals surface area contributed by atoms with E-state index in [0.717, 1.165) is 65.4 Å². The first kappa shape index (κ1) is 16.7. The lowest BCUT2D eigenvalue weighted by Gasteiger charge is -2.31. The van der Waals surface area contributed by atoms with Crippen molar-refractivity contribution in [1.82, 2.24) is 15.1 Å². The van der Waals surface area contributed by atoms with Gasteiger partial charge < -0.3 is 15.0 Å². The zero-order valence-corrected chi connectivity index (χ0v) is 13.5. The fourth-order valence-corrected chi connectivity index (χ4v) is 3.15. The van der Waals surface area contributed by atoms with Gasteiger partial charge in [0, 0.05) is 39.1 Å². The molecule has 1 N–H and O–H groups in total. The molecule has 2 fully saturated rings. The van der Waals surface area contributed by atoms with Gasteiger partial charge in [0.2, 0.25) is 5.91 Å². The fourth-order valence-electron chi connectivity index (χ4n) is 3.15. The van der Waals surface area contributed by atoms with Gasteiger partial charge in [0.05, 0.1) is 13.2 Å². The molecule has 2 heterocycles. The van der Waals surface area contributed by atoms with Crippen LogP contribution in [0.25, 0.3) is 0 Å². The van der Waals surface area contributed by atoms with E-state index in [1.807, 2.05) is 4.90 Å². The number of piperidine rings is 1. The van der Waals surface area contributed by atoms with Gasteiger partial charge >= 0.3 is 0 Å². The Balaban J connectivity index is 1.46. The molecule has 0 aromatic rings. The Morgan fingerprint density at radius 2 is 2.05 bits per heavy atom. The molecule has 5 nitrogen and oxygen atoms in total. The summed E-state index contributed by atoms with van der Waals surface area (Å²) in [5, 5.41) is 3.40. The second kappa shape index (κ2) is 9.38. The van der Waals surface area contributed by atoms with Gasteiger partial charge in [-0.05, 0) is 38.3 Å². The van der Waals surface area contributed by atoms with Gasteiger partial charge in [-0.3, -0.25) is 9.69 Å². The zero-order valence-electron chi connectivity index (χ0n) is 13.5.